The van der Waals surface area contributed by atoms with Crippen molar-refractivity contribution in [2.24, 2.45) is 11.8 Å². The summed E-state index contributed by atoms with van der Waals surface area (Å²) in [5.41, 5.74) is 2.48. The van der Waals surface area contributed by atoms with E-state index in [1.165, 1.54) is 9.80 Å². The number of benzene rings is 1. The Hall–Kier alpha value is -5.04. The minimum absolute atomic E-state index is 0.172. The molecule has 1 aliphatic rings. The van der Waals surface area contributed by atoms with Gasteiger partial charge in [0.15, 0.2) is 0 Å². The highest BCUT2D eigenvalue weighted by Gasteiger charge is 2.46. The Morgan fingerprint density at radius 2 is 1.20 bits per heavy atom. The van der Waals surface area contributed by atoms with Crippen molar-refractivity contribution in [3.05, 3.63) is 96.1 Å². The van der Waals surface area contributed by atoms with Gasteiger partial charge < -0.3 is 35.8 Å². The van der Waals surface area contributed by atoms with Crippen LogP contribution < -0.4 is 21.3 Å². The van der Waals surface area contributed by atoms with E-state index in [1.807, 2.05) is 94.4 Å². The number of aromatic nitrogens is 2. The number of hydrogen-bond acceptors (Lipinski definition) is 7. The van der Waals surface area contributed by atoms with Crippen LogP contribution in [0.2, 0.25) is 0 Å². The van der Waals surface area contributed by atoms with Gasteiger partial charge in [-0.15, -0.1) is 0 Å². The van der Waals surface area contributed by atoms with E-state index in [0.717, 1.165) is 17.0 Å². The van der Waals surface area contributed by atoms with E-state index in [4.69, 9.17) is 4.74 Å². The lowest BCUT2D eigenvalue weighted by atomic mass is 9.98. The van der Waals surface area contributed by atoms with Crippen molar-refractivity contribution >= 4 is 23.9 Å². The third kappa shape index (κ3) is 11.3. The van der Waals surface area contributed by atoms with Gasteiger partial charge in [-0.25, -0.2) is 9.59 Å². The number of urea groups is 2. The molecule has 268 valence electrons. The first-order valence-corrected chi connectivity index (χ1v) is 17.0. The van der Waals surface area contributed by atoms with E-state index in [9.17, 15) is 19.2 Å². The molecule has 2 aromatic heterocycles. The Bertz CT molecular complexity index is 1540. The number of nitrogens with zero attached hydrogens (tertiary/aromatic N) is 4. The van der Waals surface area contributed by atoms with Gasteiger partial charge in [-0.3, -0.25) is 19.6 Å². The number of carbonyl (C=O) groups excluding carboxylic acids is 4. The van der Waals surface area contributed by atoms with Gasteiger partial charge in [-0.2, -0.15) is 0 Å². The van der Waals surface area contributed by atoms with E-state index < -0.39 is 18.1 Å². The average Bonchev–Trinajstić information content (AvgIpc) is 3.88. The fourth-order valence-corrected chi connectivity index (χ4v) is 5.54. The predicted molar refractivity (Wildman–Crippen MR) is 189 cm³/mol. The van der Waals surface area contributed by atoms with Crippen molar-refractivity contribution in [3.63, 3.8) is 0 Å². The average molecular weight is 687 g/mol. The van der Waals surface area contributed by atoms with Crippen LogP contribution >= 0.6 is 0 Å². The zero-order valence-corrected chi connectivity index (χ0v) is 29.7. The fourth-order valence-electron chi connectivity index (χ4n) is 5.54. The summed E-state index contributed by atoms with van der Waals surface area (Å²) in [6.45, 7) is 8.28. The van der Waals surface area contributed by atoms with Crippen molar-refractivity contribution in [2.75, 3.05) is 20.6 Å². The summed E-state index contributed by atoms with van der Waals surface area (Å²) in [4.78, 5) is 64.5. The molecule has 5 atom stereocenters. The molecule has 3 heterocycles. The minimum atomic E-state index is -0.796. The molecule has 1 saturated heterocycles. The summed E-state index contributed by atoms with van der Waals surface area (Å²) in [7, 11) is 3.31. The van der Waals surface area contributed by atoms with E-state index in [0.29, 0.717) is 19.5 Å². The molecule has 6 amide bonds. The second-order valence-electron chi connectivity index (χ2n) is 13.4. The quantitative estimate of drug-likeness (QED) is 0.169. The van der Waals surface area contributed by atoms with Gasteiger partial charge in [0, 0.05) is 33.0 Å². The van der Waals surface area contributed by atoms with Crippen LogP contribution in [0.15, 0.2) is 79.1 Å². The van der Waals surface area contributed by atoms with Crippen LogP contribution in [0.4, 0.5) is 9.59 Å². The number of epoxide rings is 1. The van der Waals surface area contributed by atoms with Gasteiger partial charge in [-0.1, -0.05) is 70.2 Å². The molecular weight excluding hydrogens is 636 g/mol. The van der Waals surface area contributed by atoms with Crippen molar-refractivity contribution in [2.45, 2.75) is 77.5 Å². The standard InChI is InChI=1S/C37H50N8O5/c1-24(2)31(42-36(48)44(5)22-27-16-10-12-18-38-27)34(46)40-21-30-33(50-30)29(20-26-14-8-7-9-15-26)41-35(47)32(25(3)4)43-37(49)45(6)23-28-17-11-13-19-39-28/h7-19,24-25,29-33H,20-23H2,1-6H3,(H,40,46)(H,41,47)(H,42,48)(H,43,49)/t29-,30-,31-,32+,33+/m0/s1. The van der Waals surface area contributed by atoms with Crippen molar-refractivity contribution in [3.8, 4) is 0 Å². The third-order valence-corrected chi connectivity index (χ3v) is 8.52. The maximum Gasteiger partial charge on any atom is 0.318 e. The summed E-state index contributed by atoms with van der Waals surface area (Å²) in [5.74, 6) is -1.01. The molecule has 13 nitrogen and oxygen atoms in total. The SMILES string of the molecule is CC(C)[C@H](NC(=O)N(C)Cc1ccccn1)C(=O)NC[C@@H]1O[C@@H]1[C@H](Cc1ccccc1)NC(=O)[C@H](NC(=O)N(C)Cc1ccccn1)C(C)C. The van der Waals surface area contributed by atoms with Gasteiger partial charge in [0.25, 0.3) is 0 Å². The first kappa shape index (κ1) is 37.8. The zero-order valence-electron chi connectivity index (χ0n) is 29.7. The predicted octanol–water partition coefficient (Wildman–Crippen LogP) is 3.12. The minimum Gasteiger partial charge on any atom is -0.365 e. The monoisotopic (exact) mass is 686 g/mol. The molecule has 50 heavy (non-hydrogen) atoms. The lowest BCUT2D eigenvalue weighted by Crippen LogP contribution is -2.56. The second-order valence-corrected chi connectivity index (χ2v) is 13.4. The van der Waals surface area contributed by atoms with Gasteiger partial charge in [0.2, 0.25) is 11.8 Å². The highest BCUT2D eigenvalue weighted by molar-refractivity contribution is 5.88. The number of ether oxygens (including phenoxy) is 1. The molecule has 0 spiro atoms. The molecule has 1 aromatic carbocycles. The topological polar surface area (TPSA) is 161 Å². The Labute approximate surface area is 294 Å². The summed E-state index contributed by atoms with van der Waals surface area (Å²) in [5, 5.41) is 11.8. The molecule has 1 aliphatic heterocycles. The van der Waals surface area contributed by atoms with Crippen LogP contribution in [0, 0.1) is 11.8 Å². The van der Waals surface area contributed by atoms with E-state index >= 15 is 0 Å². The number of rotatable bonds is 16. The zero-order chi connectivity index (χ0) is 36.2. The lowest BCUT2D eigenvalue weighted by molar-refractivity contribution is -0.125. The highest BCUT2D eigenvalue weighted by Crippen LogP contribution is 2.27. The Morgan fingerprint density at radius 3 is 1.68 bits per heavy atom. The highest BCUT2D eigenvalue weighted by atomic mass is 16.6. The van der Waals surface area contributed by atoms with Gasteiger partial charge >= 0.3 is 12.1 Å². The van der Waals surface area contributed by atoms with Gasteiger partial charge in [-0.05, 0) is 48.1 Å². The van der Waals surface area contributed by atoms with Crippen LogP contribution in [-0.2, 0) is 33.8 Å². The summed E-state index contributed by atoms with van der Waals surface area (Å²) >= 11 is 0. The largest absolute Gasteiger partial charge is 0.365 e. The Kier molecular flexibility index (Phi) is 13.7. The molecule has 0 unspecified atom stereocenters. The van der Waals surface area contributed by atoms with Crippen LogP contribution in [0.3, 0.4) is 0 Å². The van der Waals surface area contributed by atoms with E-state index in [1.54, 1.807) is 26.5 Å². The third-order valence-electron chi connectivity index (χ3n) is 8.52. The summed E-state index contributed by atoms with van der Waals surface area (Å²) in [6, 6.07) is 18.0. The Morgan fingerprint density at radius 1 is 0.700 bits per heavy atom. The molecule has 3 aromatic rings. The lowest BCUT2D eigenvalue weighted by Gasteiger charge is -2.27. The number of hydrogen-bond donors (Lipinski definition) is 4. The van der Waals surface area contributed by atoms with E-state index in [2.05, 4.69) is 31.2 Å². The number of nitrogens with one attached hydrogen (secondary N) is 4. The maximum absolute atomic E-state index is 13.7. The van der Waals surface area contributed by atoms with Crippen LogP contribution in [0.25, 0.3) is 0 Å². The molecular formula is C37H50N8O5. The van der Waals surface area contributed by atoms with Gasteiger partial charge in [0.1, 0.15) is 24.3 Å². The fraction of sp³-hybridized carbons (Fsp3) is 0.459. The molecule has 13 heteroatoms. The number of pyridine rings is 2. The smallest absolute Gasteiger partial charge is 0.318 e. The molecule has 1 fully saturated rings. The summed E-state index contributed by atoms with van der Waals surface area (Å²) in [6.07, 6.45) is 3.11. The normalized spacial score (nSPS) is 16.9. The van der Waals surface area contributed by atoms with Crippen LogP contribution in [-0.4, -0.2) is 94.6 Å². The number of amides is 6. The molecule has 0 bridgehead atoms. The Balaban J connectivity index is 1.35. The second kappa shape index (κ2) is 18.1. The number of carbonyl (C=O) groups is 4. The first-order chi connectivity index (χ1) is 23.9. The van der Waals surface area contributed by atoms with Crippen molar-refractivity contribution in [1.82, 2.24) is 41.0 Å². The molecule has 0 aliphatic carbocycles. The van der Waals surface area contributed by atoms with Gasteiger partial charge in [0.05, 0.1) is 30.5 Å². The van der Waals surface area contributed by atoms with Crippen molar-refractivity contribution in [1.29, 1.82) is 0 Å². The summed E-state index contributed by atoms with van der Waals surface area (Å²) < 4.78 is 6.02. The van der Waals surface area contributed by atoms with E-state index in [-0.39, 0.29) is 54.5 Å². The first-order valence-electron chi connectivity index (χ1n) is 17.0. The molecule has 4 rings (SSSR count). The van der Waals surface area contributed by atoms with Crippen molar-refractivity contribution < 1.29 is 23.9 Å². The van der Waals surface area contributed by atoms with Crippen LogP contribution in [0.1, 0.15) is 44.6 Å². The molecule has 4 N–H and O–H groups in total. The molecule has 0 saturated carbocycles. The van der Waals surface area contributed by atoms with Crippen LogP contribution in [0.5, 0.6) is 0 Å². The maximum atomic E-state index is 13.7. The molecule has 0 radical (unpaired) electrons.